The van der Waals surface area contributed by atoms with E-state index >= 15 is 0 Å². The topological polar surface area (TPSA) is 68.6 Å². The summed E-state index contributed by atoms with van der Waals surface area (Å²) in [7, 11) is 1.33. The normalized spacial score (nSPS) is 13.2. The van der Waals surface area contributed by atoms with Crippen molar-refractivity contribution in [1.82, 2.24) is 0 Å². The van der Waals surface area contributed by atoms with Crippen molar-refractivity contribution in [3.63, 3.8) is 0 Å². The third-order valence-electron chi connectivity index (χ3n) is 2.87. The van der Waals surface area contributed by atoms with Crippen LogP contribution in [-0.4, -0.2) is 26.1 Å². The number of carbonyl (C=O) groups is 1. The zero-order valence-electron chi connectivity index (χ0n) is 12.2. The van der Waals surface area contributed by atoms with Gasteiger partial charge in [0.15, 0.2) is 5.78 Å². The molecule has 0 spiro atoms. The molecule has 5 heteroatoms. The molecule has 1 aromatic rings. The molecule has 1 aromatic carbocycles. The number of ketones is 1. The SMILES string of the molecule is CCOc1cc(OCC)cc(C(C#N)(OC)C(C)=O)c1. The quantitative estimate of drug-likeness (QED) is 0.765. The first kappa shape index (κ1) is 16.0. The third kappa shape index (κ3) is 3.09. The molecule has 0 fully saturated rings. The van der Waals surface area contributed by atoms with Crippen molar-refractivity contribution >= 4 is 5.78 Å². The second-order valence-corrected chi connectivity index (χ2v) is 4.11. The average Bonchev–Trinajstić information content (AvgIpc) is 2.41. The fourth-order valence-corrected chi connectivity index (χ4v) is 1.93. The maximum atomic E-state index is 11.8. The van der Waals surface area contributed by atoms with E-state index in [0.29, 0.717) is 30.3 Å². The zero-order chi connectivity index (χ0) is 15.2. The highest BCUT2D eigenvalue weighted by Crippen LogP contribution is 2.32. The second-order valence-electron chi connectivity index (χ2n) is 4.11. The van der Waals surface area contributed by atoms with E-state index in [2.05, 4.69) is 0 Å². The first-order chi connectivity index (χ1) is 9.53. The first-order valence-electron chi connectivity index (χ1n) is 6.42. The van der Waals surface area contributed by atoms with E-state index in [9.17, 15) is 10.1 Å². The fourth-order valence-electron chi connectivity index (χ4n) is 1.93. The Labute approximate surface area is 119 Å². The molecule has 5 nitrogen and oxygen atoms in total. The standard InChI is InChI=1S/C15H19NO4/c1-5-19-13-7-12(8-14(9-13)20-6-2)15(10-16,18-4)11(3)17/h7-9H,5-6H2,1-4H3. The smallest absolute Gasteiger partial charge is 0.238 e. The van der Waals surface area contributed by atoms with E-state index in [1.54, 1.807) is 18.2 Å². The molecule has 0 amide bonds. The van der Waals surface area contributed by atoms with Crippen LogP contribution in [0.3, 0.4) is 0 Å². The van der Waals surface area contributed by atoms with Gasteiger partial charge in [-0.2, -0.15) is 5.26 Å². The van der Waals surface area contributed by atoms with Gasteiger partial charge < -0.3 is 14.2 Å². The Morgan fingerprint density at radius 1 is 1.20 bits per heavy atom. The number of carbonyl (C=O) groups excluding carboxylic acids is 1. The van der Waals surface area contributed by atoms with Gasteiger partial charge in [0.25, 0.3) is 0 Å². The number of benzene rings is 1. The van der Waals surface area contributed by atoms with Gasteiger partial charge in [-0.25, -0.2) is 0 Å². The Morgan fingerprint density at radius 2 is 1.70 bits per heavy atom. The van der Waals surface area contributed by atoms with E-state index in [1.807, 2.05) is 19.9 Å². The summed E-state index contributed by atoms with van der Waals surface area (Å²) in [6.07, 6.45) is 0. The van der Waals surface area contributed by atoms with Crippen LogP contribution in [0, 0.1) is 11.3 Å². The molecule has 1 rings (SSSR count). The van der Waals surface area contributed by atoms with Gasteiger partial charge in [-0.15, -0.1) is 0 Å². The van der Waals surface area contributed by atoms with Crippen molar-refractivity contribution < 1.29 is 19.0 Å². The molecule has 1 atom stereocenters. The van der Waals surface area contributed by atoms with Crippen LogP contribution < -0.4 is 9.47 Å². The summed E-state index contributed by atoms with van der Waals surface area (Å²) in [5, 5.41) is 9.36. The van der Waals surface area contributed by atoms with Gasteiger partial charge in [-0.1, -0.05) is 0 Å². The van der Waals surface area contributed by atoms with Gasteiger partial charge in [0, 0.05) is 18.7 Å². The lowest BCUT2D eigenvalue weighted by atomic mass is 9.91. The second kappa shape index (κ2) is 6.92. The Bertz CT molecular complexity index is 497. The molecule has 20 heavy (non-hydrogen) atoms. The number of rotatable bonds is 7. The number of hydrogen-bond donors (Lipinski definition) is 0. The van der Waals surface area contributed by atoms with Crippen LogP contribution in [0.4, 0.5) is 0 Å². The number of Topliss-reactive ketones (excluding diaryl/α,β-unsaturated/α-hetero) is 1. The van der Waals surface area contributed by atoms with Gasteiger partial charge >= 0.3 is 0 Å². The predicted molar refractivity (Wildman–Crippen MR) is 73.8 cm³/mol. The summed E-state index contributed by atoms with van der Waals surface area (Å²) in [6, 6.07) is 6.90. The van der Waals surface area contributed by atoms with Crippen LogP contribution in [0.25, 0.3) is 0 Å². The minimum absolute atomic E-state index is 0.390. The van der Waals surface area contributed by atoms with Gasteiger partial charge in [0.2, 0.25) is 5.60 Å². The third-order valence-corrected chi connectivity index (χ3v) is 2.87. The minimum atomic E-state index is -1.64. The van der Waals surface area contributed by atoms with Crippen molar-refractivity contribution in [3.05, 3.63) is 23.8 Å². The monoisotopic (exact) mass is 277 g/mol. The molecular formula is C15H19NO4. The highest BCUT2D eigenvalue weighted by molar-refractivity contribution is 5.89. The van der Waals surface area contributed by atoms with Crippen LogP contribution in [0.15, 0.2) is 18.2 Å². The number of hydrogen-bond acceptors (Lipinski definition) is 5. The summed E-state index contributed by atoms with van der Waals surface area (Å²) in [5.41, 5.74) is -1.23. The zero-order valence-corrected chi connectivity index (χ0v) is 12.2. The molecule has 0 N–H and O–H groups in total. The van der Waals surface area contributed by atoms with E-state index in [4.69, 9.17) is 14.2 Å². The van der Waals surface area contributed by atoms with Gasteiger partial charge in [0.05, 0.1) is 13.2 Å². The Kier molecular flexibility index (Phi) is 5.53. The van der Waals surface area contributed by atoms with E-state index in [1.165, 1.54) is 14.0 Å². The lowest BCUT2D eigenvalue weighted by Crippen LogP contribution is -2.34. The van der Waals surface area contributed by atoms with Crippen molar-refractivity contribution in [1.29, 1.82) is 5.26 Å². The molecule has 0 aliphatic heterocycles. The van der Waals surface area contributed by atoms with E-state index in [0.717, 1.165) is 0 Å². The van der Waals surface area contributed by atoms with Crippen LogP contribution in [0.5, 0.6) is 11.5 Å². The lowest BCUT2D eigenvalue weighted by Gasteiger charge is -2.23. The summed E-state index contributed by atoms with van der Waals surface area (Å²) < 4.78 is 16.1. The summed E-state index contributed by atoms with van der Waals surface area (Å²) in [4.78, 5) is 11.8. The van der Waals surface area contributed by atoms with Crippen LogP contribution in [0.1, 0.15) is 26.3 Å². The van der Waals surface area contributed by atoms with Crippen LogP contribution >= 0.6 is 0 Å². The molecule has 0 aliphatic carbocycles. The maximum absolute atomic E-state index is 11.8. The average molecular weight is 277 g/mol. The highest BCUT2D eigenvalue weighted by atomic mass is 16.5. The molecule has 0 radical (unpaired) electrons. The highest BCUT2D eigenvalue weighted by Gasteiger charge is 2.38. The Balaban J connectivity index is 3.41. The van der Waals surface area contributed by atoms with Gasteiger partial charge in [-0.05, 0) is 32.9 Å². The van der Waals surface area contributed by atoms with Crippen molar-refractivity contribution in [3.8, 4) is 17.6 Å². The molecule has 0 saturated carbocycles. The Hall–Kier alpha value is -2.06. The maximum Gasteiger partial charge on any atom is 0.238 e. The van der Waals surface area contributed by atoms with Crippen molar-refractivity contribution in [2.24, 2.45) is 0 Å². The summed E-state index contributed by atoms with van der Waals surface area (Å²) in [5.74, 6) is 0.677. The molecular weight excluding hydrogens is 258 g/mol. The minimum Gasteiger partial charge on any atom is -0.494 e. The van der Waals surface area contributed by atoms with Gasteiger partial charge in [-0.3, -0.25) is 4.79 Å². The van der Waals surface area contributed by atoms with Crippen LogP contribution in [-0.2, 0) is 15.1 Å². The fraction of sp³-hybridized carbons (Fsp3) is 0.467. The van der Waals surface area contributed by atoms with Crippen molar-refractivity contribution in [2.45, 2.75) is 26.4 Å². The summed E-state index contributed by atoms with van der Waals surface area (Å²) in [6.45, 7) is 5.97. The first-order valence-corrected chi connectivity index (χ1v) is 6.42. The number of nitriles is 1. The molecule has 0 aromatic heterocycles. The predicted octanol–water partition coefficient (Wildman–Crippen LogP) is 2.44. The van der Waals surface area contributed by atoms with Crippen LogP contribution in [0.2, 0.25) is 0 Å². The number of ether oxygens (including phenoxy) is 3. The molecule has 0 bridgehead atoms. The number of methoxy groups -OCH3 is 1. The molecule has 0 heterocycles. The van der Waals surface area contributed by atoms with E-state index in [-0.39, 0.29) is 0 Å². The molecule has 0 aliphatic rings. The molecule has 0 saturated heterocycles. The molecule has 108 valence electrons. The largest absolute Gasteiger partial charge is 0.494 e. The Morgan fingerprint density at radius 3 is 2.00 bits per heavy atom. The molecule has 1 unspecified atom stereocenters. The number of nitrogens with zero attached hydrogens (tertiary/aromatic N) is 1. The lowest BCUT2D eigenvalue weighted by molar-refractivity contribution is -0.133. The van der Waals surface area contributed by atoms with E-state index < -0.39 is 11.4 Å². The van der Waals surface area contributed by atoms with Crippen molar-refractivity contribution in [2.75, 3.05) is 20.3 Å². The van der Waals surface area contributed by atoms with Gasteiger partial charge in [0.1, 0.15) is 17.6 Å². The summed E-state index contributed by atoms with van der Waals surface area (Å²) >= 11 is 0.